The highest BCUT2D eigenvalue weighted by atomic mass is 19.1. The van der Waals surface area contributed by atoms with Gasteiger partial charge in [0.25, 0.3) is 0 Å². The number of nitrogens with zero attached hydrogens (tertiary/aromatic N) is 5. The van der Waals surface area contributed by atoms with Gasteiger partial charge in [-0.3, -0.25) is 14.6 Å². The fourth-order valence-electron chi connectivity index (χ4n) is 3.39. The Morgan fingerprint density at radius 1 is 1.06 bits per heavy atom. The number of amides is 1. The van der Waals surface area contributed by atoms with Crippen LogP contribution in [0.4, 0.5) is 20.5 Å². The number of pyridine rings is 2. The van der Waals surface area contributed by atoms with Crippen LogP contribution in [0.3, 0.4) is 0 Å². The molecule has 34 heavy (non-hydrogen) atoms. The van der Waals surface area contributed by atoms with Crippen LogP contribution in [0.2, 0.25) is 0 Å². The predicted octanol–water partition coefficient (Wildman–Crippen LogP) is 2.21. The average Bonchev–Trinajstić information content (AvgIpc) is 2.82. The molecular weight excluding hydrogens is 444 g/mol. The van der Waals surface area contributed by atoms with Crippen molar-refractivity contribution in [3.8, 4) is 22.5 Å². The predicted molar refractivity (Wildman–Crippen MR) is 122 cm³/mol. The molecule has 0 fully saturated rings. The van der Waals surface area contributed by atoms with Gasteiger partial charge in [0.05, 0.1) is 17.7 Å². The highest BCUT2D eigenvalue weighted by Gasteiger charge is 2.26. The number of rotatable bonds is 5. The number of benzene rings is 1. The molecule has 9 nitrogen and oxygen atoms in total. The van der Waals surface area contributed by atoms with Crippen LogP contribution in [0.5, 0.6) is 0 Å². The molecule has 0 aliphatic rings. The summed E-state index contributed by atoms with van der Waals surface area (Å²) >= 11 is 0. The molecule has 0 unspecified atom stereocenters. The Hall–Kier alpha value is -4.51. The largest absolute Gasteiger partial charge is 0.368 e. The third kappa shape index (κ3) is 4.36. The summed E-state index contributed by atoms with van der Waals surface area (Å²) < 4.78 is 29.6. The maximum atomic E-state index is 14.1. The Balaban J connectivity index is 1.89. The van der Waals surface area contributed by atoms with E-state index in [1.807, 2.05) is 0 Å². The summed E-state index contributed by atoms with van der Waals surface area (Å²) in [6.45, 7) is 0. The lowest BCUT2D eigenvalue weighted by Gasteiger charge is -2.21. The Labute approximate surface area is 192 Å². The first-order valence-corrected chi connectivity index (χ1v) is 10.0. The molecule has 0 saturated heterocycles. The van der Waals surface area contributed by atoms with E-state index in [-0.39, 0.29) is 28.6 Å². The van der Waals surface area contributed by atoms with Crippen molar-refractivity contribution in [1.82, 2.24) is 19.5 Å². The minimum absolute atomic E-state index is 0.117. The molecule has 0 spiro atoms. The van der Waals surface area contributed by atoms with Crippen LogP contribution in [0.1, 0.15) is 5.56 Å². The summed E-state index contributed by atoms with van der Waals surface area (Å²) in [6, 6.07) is 11.3. The second kappa shape index (κ2) is 9.16. The van der Waals surface area contributed by atoms with Gasteiger partial charge in [-0.1, -0.05) is 12.1 Å². The molecule has 4 aromatic rings. The highest BCUT2D eigenvalue weighted by molar-refractivity contribution is 5.99. The van der Waals surface area contributed by atoms with Crippen LogP contribution in [0.15, 0.2) is 65.7 Å². The van der Waals surface area contributed by atoms with Crippen LogP contribution < -0.4 is 22.1 Å². The first-order chi connectivity index (χ1) is 16.3. The molecule has 0 atom stereocenters. The first kappa shape index (κ1) is 22.7. The van der Waals surface area contributed by atoms with Crippen molar-refractivity contribution in [1.29, 1.82) is 0 Å². The number of aromatic nitrogens is 4. The van der Waals surface area contributed by atoms with Crippen molar-refractivity contribution in [3.63, 3.8) is 0 Å². The summed E-state index contributed by atoms with van der Waals surface area (Å²) in [7, 11) is 1.55. The van der Waals surface area contributed by atoms with Gasteiger partial charge >= 0.3 is 0 Å². The minimum atomic E-state index is -0.878. The quantitative estimate of drug-likeness (QED) is 0.263. The lowest BCUT2D eigenvalue weighted by Crippen LogP contribution is -2.40. The first-order valence-electron chi connectivity index (χ1n) is 10.0. The second-order valence-electron chi connectivity index (χ2n) is 7.35. The van der Waals surface area contributed by atoms with E-state index in [2.05, 4.69) is 15.0 Å². The van der Waals surface area contributed by atoms with E-state index in [1.165, 1.54) is 29.0 Å². The third-order valence-electron chi connectivity index (χ3n) is 5.08. The van der Waals surface area contributed by atoms with Crippen molar-refractivity contribution >= 4 is 17.7 Å². The van der Waals surface area contributed by atoms with Gasteiger partial charge in [-0.15, -0.1) is 0 Å². The van der Waals surface area contributed by atoms with Crippen molar-refractivity contribution in [2.24, 2.45) is 12.9 Å². The number of anilines is 2. The van der Waals surface area contributed by atoms with Gasteiger partial charge in [-0.05, 0) is 30.3 Å². The fourth-order valence-corrected chi connectivity index (χ4v) is 3.39. The fraction of sp³-hybridized carbons (Fsp3) is 0.0870. The van der Waals surface area contributed by atoms with Gasteiger partial charge in [-0.25, -0.2) is 24.6 Å². The molecule has 11 heteroatoms. The smallest absolute Gasteiger partial charge is 0.250 e. The molecule has 1 amide bonds. The third-order valence-corrected chi connectivity index (χ3v) is 5.08. The Morgan fingerprint density at radius 3 is 2.44 bits per heavy atom. The van der Waals surface area contributed by atoms with E-state index >= 15 is 0 Å². The number of halogens is 2. The molecule has 0 aliphatic carbocycles. The highest BCUT2D eigenvalue weighted by Crippen LogP contribution is 2.36. The van der Waals surface area contributed by atoms with Gasteiger partial charge in [0, 0.05) is 36.6 Å². The maximum Gasteiger partial charge on any atom is 0.250 e. The summed E-state index contributed by atoms with van der Waals surface area (Å²) in [6.07, 6.45) is 2.40. The zero-order valence-electron chi connectivity index (χ0n) is 17.9. The summed E-state index contributed by atoms with van der Waals surface area (Å²) in [5.74, 6) is 3.19. The van der Waals surface area contributed by atoms with Crippen LogP contribution in [0, 0.1) is 11.6 Å². The van der Waals surface area contributed by atoms with E-state index in [0.717, 1.165) is 12.1 Å². The van der Waals surface area contributed by atoms with Crippen molar-refractivity contribution < 1.29 is 13.6 Å². The topological polar surface area (TPSA) is 133 Å². The number of aryl methyl sites for hydroxylation is 1. The number of nitrogen functional groups attached to an aromatic ring is 1. The van der Waals surface area contributed by atoms with E-state index in [1.54, 1.807) is 31.4 Å². The molecule has 1 aromatic carbocycles. The zero-order valence-corrected chi connectivity index (χ0v) is 17.9. The summed E-state index contributed by atoms with van der Waals surface area (Å²) in [4.78, 5) is 37.6. The zero-order chi connectivity index (χ0) is 24.4. The summed E-state index contributed by atoms with van der Waals surface area (Å²) in [5, 5.41) is 0.663. The van der Waals surface area contributed by atoms with Crippen LogP contribution >= 0.6 is 0 Å². The Kier molecular flexibility index (Phi) is 6.11. The Bertz CT molecular complexity index is 1420. The van der Waals surface area contributed by atoms with Crippen molar-refractivity contribution in [3.05, 3.63) is 88.5 Å². The van der Waals surface area contributed by atoms with E-state index in [9.17, 15) is 18.4 Å². The number of nitrogens with two attached hydrogens (primary N) is 2. The summed E-state index contributed by atoms with van der Waals surface area (Å²) in [5.41, 5.74) is 6.58. The number of carbonyl (C=O) groups excluding carboxylic acids is 1. The Morgan fingerprint density at radius 2 is 1.79 bits per heavy atom. The van der Waals surface area contributed by atoms with Gasteiger partial charge in [0.2, 0.25) is 17.4 Å². The van der Waals surface area contributed by atoms with Gasteiger partial charge in [-0.2, -0.15) is 4.98 Å². The number of carbonyl (C=O) groups is 1. The van der Waals surface area contributed by atoms with Crippen LogP contribution in [-0.2, 0) is 18.3 Å². The number of hydrazine groups is 1. The van der Waals surface area contributed by atoms with Gasteiger partial charge in [0.1, 0.15) is 17.3 Å². The molecule has 0 aliphatic heterocycles. The monoisotopic (exact) mass is 463 g/mol. The molecule has 4 N–H and O–H groups in total. The van der Waals surface area contributed by atoms with E-state index in [0.29, 0.717) is 16.3 Å². The van der Waals surface area contributed by atoms with Crippen LogP contribution in [0.25, 0.3) is 22.5 Å². The minimum Gasteiger partial charge on any atom is -0.368 e. The van der Waals surface area contributed by atoms with Gasteiger partial charge < -0.3 is 10.3 Å². The maximum absolute atomic E-state index is 14.1. The lowest BCUT2D eigenvalue weighted by molar-refractivity contribution is -0.118. The van der Waals surface area contributed by atoms with Gasteiger partial charge in [0.15, 0.2) is 5.82 Å². The number of hydrogen-bond donors (Lipinski definition) is 2. The average molecular weight is 463 g/mol. The van der Waals surface area contributed by atoms with Crippen molar-refractivity contribution in [2.75, 3.05) is 10.7 Å². The molecule has 3 aromatic heterocycles. The molecule has 0 saturated carbocycles. The molecular formula is C23H19F2N7O2. The van der Waals surface area contributed by atoms with E-state index < -0.39 is 29.5 Å². The molecule has 172 valence electrons. The second-order valence-corrected chi connectivity index (χ2v) is 7.35. The normalized spacial score (nSPS) is 10.8. The van der Waals surface area contributed by atoms with E-state index in [4.69, 9.17) is 11.6 Å². The molecule has 4 rings (SSSR count). The molecule has 3 heterocycles. The standard InChI is InChI=1S/C23H19F2N7O2/c1-31-12-13(8-9-18(31)33)20-21(17-7-2-3-10-28-17)29-23(26)30-22(20)32(27)19(34)11-14-15(24)5-4-6-16(14)25/h2-10,12H,11,27H2,1H3,(H2,26,29,30). The number of hydrogen-bond acceptors (Lipinski definition) is 7. The SMILES string of the molecule is Cn1cc(-c2c(-c3ccccn3)nc(N)nc2N(N)C(=O)Cc2c(F)cccc2F)ccc1=O. The lowest BCUT2D eigenvalue weighted by atomic mass is 10.0. The molecule has 0 bridgehead atoms. The van der Waals surface area contributed by atoms with Crippen LogP contribution in [-0.4, -0.2) is 25.4 Å². The molecule has 0 radical (unpaired) electrons. The van der Waals surface area contributed by atoms with Crippen molar-refractivity contribution in [2.45, 2.75) is 6.42 Å².